The molecule has 0 aliphatic carbocycles. The van der Waals surface area contributed by atoms with E-state index in [1.165, 1.54) is 23.1 Å². The minimum absolute atomic E-state index is 0.141. The highest BCUT2D eigenvalue weighted by Gasteiger charge is 2.21. The Hall–Kier alpha value is -2.85. The number of benzene rings is 1. The van der Waals surface area contributed by atoms with E-state index in [0.29, 0.717) is 33.2 Å². The zero-order valence-electron chi connectivity index (χ0n) is 15.4. The second-order valence-electron chi connectivity index (χ2n) is 5.94. The molecule has 10 heteroatoms. The summed E-state index contributed by atoms with van der Waals surface area (Å²) in [6.45, 7) is 1.81. The van der Waals surface area contributed by atoms with Crippen molar-refractivity contribution in [1.29, 1.82) is 0 Å². The lowest BCUT2D eigenvalue weighted by molar-refractivity contribution is -0.115. The smallest absolute Gasteiger partial charge is 0.239 e. The average molecular weight is 416 g/mol. The zero-order valence-corrected chi connectivity index (χ0v) is 17.0. The molecule has 8 nitrogen and oxygen atoms in total. The van der Waals surface area contributed by atoms with E-state index in [1.807, 2.05) is 48.2 Å². The van der Waals surface area contributed by atoms with Crippen molar-refractivity contribution < 1.29 is 13.9 Å². The Bertz CT molecular complexity index is 1120. The molecule has 1 amide bonds. The molecular weight excluding hydrogens is 398 g/mol. The predicted molar refractivity (Wildman–Crippen MR) is 109 cm³/mol. The van der Waals surface area contributed by atoms with E-state index in [2.05, 4.69) is 20.5 Å². The first-order valence-corrected chi connectivity index (χ1v) is 10.2. The highest BCUT2D eigenvalue weighted by Crippen LogP contribution is 2.34. The van der Waals surface area contributed by atoms with Crippen LogP contribution in [0.2, 0.25) is 0 Å². The van der Waals surface area contributed by atoms with Crippen LogP contribution in [0, 0.1) is 0 Å². The molecule has 4 aromatic rings. The number of carbonyl (C=O) groups excluding carboxylic acids is 1. The van der Waals surface area contributed by atoms with Gasteiger partial charge in [0.05, 0.1) is 12.4 Å². The van der Waals surface area contributed by atoms with E-state index in [1.54, 1.807) is 13.3 Å². The van der Waals surface area contributed by atoms with E-state index in [4.69, 9.17) is 9.15 Å². The van der Waals surface area contributed by atoms with Gasteiger partial charge in [-0.25, -0.2) is 4.98 Å². The van der Waals surface area contributed by atoms with Crippen LogP contribution in [0.4, 0.5) is 5.13 Å². The summed E-state index contributed by atoms with van der Waals surface area (Å²) in [6, 6.07) is 7.59. The van der Waals surface area contributed by atoms with Crippen LogP contribution in [0.5, 0.6) is 5.75 Å². The number of methoxy groups -OCH3 is 1. The summed E-state index contributed by atoms with van der Waals surface area (Å²) in [4.78, 5) is 16.4. The molecule has 1 N–H and O–H groups in total. The van der Waals surface area contributed by atoms with E-state index >= 15 is 0 Å². The summed E-state index contributed by atoms with van der Waals surface area (Å²) >= 11 is 2.69. The minimum Gasteiger partial charge on any atom is -0.493 e. The SMILES string of the molecule is COc1cccc2cc(-c3nnc(S[C@H](C)C(=O)Nc4nccs4)n3C)oc12. The number of hydrogen-bond donors (Lipinski definition) is 1. The maximum Gasteiger partial charge on any atom is 0.239 e. The van der Waals surface area contributed by atoms with Crippen LogP contribution < -0.4 is 10.1 Å². The summed E-state index contributed by atoms with van der Waals surface area (Å²) in [5, 5.41) is 14.8. The standard InChI is InChI=1S/C18H17N5O3S2/c1-10(16(24)20-17-19-7-8-27-17)28-18-22-21-15(23(18)2)13-9-11-5-4-6-12(25-3)14(11)26-13/h4-10H,1-3H3,(H,19,20,24)/t10-/m1/s1. The molecule has 3 aromatic heterocycles. The van der Waals surface area contributed by atoms with E-state index < -0.39 is 0 Å². The molecule has 4 rings (SSSR count). The molecule has 0 saturated heterocycles. The van der Waals surface area contributed by atoms with Gasteiger partial charge in [0, 0.05) is 24.0 Å². The second-order valence-corrected chi connectivity index (χ2v) is 8.14. The van der Waals surface area contributed by atoms with Crippen LogP contribution in [0.15, 0.2) is 45.4 Å². The van der Waals surface area contributed by atoms with Crippen molar-refractivity contribution in [2.45, 2.75) is 17.3 Å². The van der Waals surface area contributed by atoms with E-state index in [-0.39, 0.29) is 11.2 Å². The molecule has 0 saturated carbocycles. The molecule has 28 heavy (non-hydrogen) atoms. The first-order chi connectivity index (χ1) is 13.6. The maximum absolute atomic E-state index is 12.3. The fraction of sp³-hybridized carbons (Fsp3) is 0.222. The molecule has 0 spiro atoms. The van der Waals surface area contributed by atoms with Crippen molar-refractivity contribution in [3.8, 4) is 17.3 Å². The van der Waals surface area contributed by atoms with Gasteiger partial charge in [0.25, 0.3) is 0 Å². The summed E-state index contributed by atoms with van der Waals surface area (Å²) in [6.07, 6.45) is 1.65. The fourth-order valence-corrected chi connectivity index (χ4v) is 3.99. The van der Waals surface area contributed by atoms with Gasteiger partial charge in [0.1, 0.15) is 0 Å². The van der Waals surface area contributed by atoms with Gasteiger partial charge in [-0.1, -0.05) is 23.9 Å². The number of rotatable bonds is 6. The molecule has 0 bridgehead atoms. The number of nitrogens with zero attached hydrogens (tertiary/aromatic N) is 4. The lowest BCUT2D eigenvalue weighted by Crippen LogP contribution is -2.22. The molecule has 0 fully saturated rings. The van der Waals surface area contributed by atoms with Crippen molar-refractivity contribution in [2.24, 2.45) is 7.05 Å². The third-order valence-electron chi connectivity index (χ3n) is 4.10. The zero-order chi connectivity index (χ0) is 19.7. The van der Waals surface area contributed by atoms with Crippen molar-refractivity contribution in [3.05, 3.63) is 35.8 Å². The van der Waals surface area contributed by atoms with E-state index in [0.717, 1.165) is 5.39 Å². The largest absolute Gasteiger partial charge is 0.493 e. The number of thiazole rings is 1. The first kappa shape index (κ1) is 18.5. The number of furan rings is 1. The number of carbonyl (C=O) groups is 1. The fourth-order valence-electron chi connectivity index (χ4n) is 2.64. The number of amides is 1. The lowest BCUT2D eigenvalue weighted by atomic mass is 10.2. The summed E-state index contributed by atoms with van der Waals surface area (Å²) in [7, 11) is 3.44. The number of nitrogens with one attached hydrogen (secondary N) is 1. The summed E-state index contributed by atoms with van der Waals surface area (Å²) < 4.78 is 13.1. The van der Waals surface area contributed by atoms with Crippen LogP contribution in [0.1, 0.15) is 6.92 Å². The van der Waals surface area contributed by atoms with Gasteiger partial charge in [-0.2, -0.15) is 0 Å². The monoisotopic (exact) mass is 415 g/mol. The molecule has 0 aliphatic rings. The first-order valence-electron chi connectivity index (χ1n) is 8.40. The van der Waals surface area contributed by atoms with Gasteiger partial charge in [-0.3, -0.25) is 4.79 Å². The Morgan fingerprint density at radius 3 is 3.00 bits per heavy atom. The van der Waals surface area contributed by atoms with Crippen molar-refractivity contribution in [3.63, 3.8) is 0 Å². The highest BCUT2D eigenvalue weighted by atomic mass is 32.2. The number of aromatic nitrogens is 4. The molecule has 144 valence electrons. The molecule has 0 radical (unpaired) electrons. The third-order valence-corrected chi connectivity index (χ3v) is 5.92. The van der Waals surface area contributed by atoms with E-state index in [9.17, 15) is 4.79 Å². The van der Waals surface area contributed by atoms with Crippen LogP contribution in [-0.2, 0) is 11.8 Å². The van der Waals surface area contributed by atoms with Crippen LogP contribution in [0.3, 0.4) is 0 Å². The van der Waals surface area contributed by atoms with Gasteiger partial charge in [-0.05, 0) is 19.1 Å². The number of anilines is 1. The maximum atomic E-state index is 12.3. The van der Waals surface area contributed by atoms with Crippen LogP contribution in [-0.4, -0.2) is 38.0 Å². The number of hydrogen-bond acceptors (Lipinski definition) is 8. The van der Waals surface area contributed by atoms with Crippen molar-refractivity contribution >= 4 is 45.1 Å². The summed E-state index contributed by atoms with van der Waals surface area (Å²) in [5.41, 5.74) is 0.661. The third kappa shape index (κ3) is 3.48. The normalized spacial score (nSPS) is 12.2. The van der Waals surface area contributed by atoms with Crippen LogP contribution in [0.25, 0.3) is 22.6 Å². The number of ether oxygens (including phenoxy) is 1. The Morgan fingerprint density at radius 2 is 2.25 bits per heavy atom. The quantitative estimate of drug-likeness (QED) is 0.478. The van der Waals surface area contributed by atoms with Gasteiger partial charge < -0.3 is 19.0 Å². The van der Waals surface area contributed by atoms with Crippen molar-refractivity contribution in [1.82, 2.24) is 19.7 Å². The van der Waals surface area contributed by atoms with Crippen LogP contribution >= 0.6 is 23.1 Å². The molecule has 1 aromatic carbocycles. The lowest BCUT2D eigenvalue weighted by Gasteiger charge is -2.09. The Labute approximate surface area is 168 Å². The van der Waals surface area contributed by atoms with Crippen molar-refractivity contribution in [2.75, 3.05) is 12.4 Å². The Kier molecular flexibility index (Phi) is 5.05. The average Bonchev–Trinajstić information content (AvgIpc) is 3.42. The summed E-state index contributed by atoms with van der Waals surface area (Å²) in [5.74, 6) is 1.68. The Balaban J connectivity index is 1.55. The number of thioether (sulfide) groups is 1. The molecule has 0 unspecified atom stereocenters. The molecule has 1 atom stereocenters. The highest BCUT2D eigenvalue weighted by molar-refractivity contribution is 8.00. The Morgan fingerprint density at radius 1 is 1.39 bits per heavy atom. The molecular formula is C18H17N5O3S2. The minimum atomic E-state index is -0.365. The number of fused-ring (bicyclic) bond motifs is 1. The van der Waals surface area contributed by atoms with Gasteiger partial charge in [-0.15, -0.1) is 21.5 Å². The predicted octanol–water partition coefficient (Wildman–Crippen LogP) is 3.81. The molecule has 0 aliphatic heterocycles. The molecule has 3 heterocycles. The van der Waals surface area contributed by atoms with Gasteiger partial charge in [0.15, 0.2) is 33.2 Å². The topological polar surface area (TPSA) is 95.1 Å². The number of para-hydroxylation sites is 1. The van der Waals surface area contributed by atoms with Gasteiger partial charge in [0.2, 0.25) is 5.91 Å². The van der Waals surface area contributed by atoms with Gasteiger partial charge >= 0.3 is 0 Å². The second kappa shape index (κ2) is 7.64.